The van der Waals surface area contributed by atoms with E-state index in [2.05, 4.69) is 15.5 Å². The van der Waals surface area contributed by atoms with Gasteiger partial charge < -0.3 is 0 Å². The number of sulfone groups is 1. The van der Waals surface area contributed by atoms with Gasteiger partial charge in [-0.3, -0.25) is 10.1 Å². The maximum absolute atomic E-state index is 11.8. The summed E-state index contributed by atoms with van der Waals surface area (Å²) in [7, 11) is -3.07. The normalized spacial score (nSPS) is 11.2. The van der Waals surface area contributed by atoms with Gasteiger partial charge in [0.2, 0.25) is 5.13 Å². The van der Waals surface area contributed by atoms with E-state index in [1.807, 2.05) is 0 Å². The van der Waals surface area contributed by atoms with Crippen molar-refractivity contribution in [2.24, 2.45) is 0 Å². The Bertz CT molecular complexity index is 664. The van der Waals surface area contributed by atoms with E-state index in [0.29, 0.717) is 16.3 Å². The molecule has 19 heavy (non-hydrogen) atoms. The van der Waals surface area contributed by atoms with Crippen molar-refractivity contribution in [3.05, 3.63) is 40.9 Å². The predicted molar refractivity (Wildman–Crippen MR) is 72.9 cm³/mol. The molecular formula is C11H11N3O3S2. The number of rotatable bonds is 4. The molecule has 0 unspecified atom stereocenters. The molecule has 1 heterocycles. The lowest BCUT2D eigenvalue weighted by molar-refractivity contribution is 0.102. The van der Waals surface area contributed by atoms with Crippen LogP contribution in [-0.2, 0) is 15.6 Å². The molecule has 0 saturated carbocycles. The Balaban J connectivity index is 2.08. The first kappa shape index (κ1) is 13.6. The van der Waals surface area contributed by atoms with Gasteiger partial charge in [-0.2, -0.15) is 0 Å². The zero-order valence-corrected chi connectivity index (χ0v) is 11.7. The van der Waals surface area contributed by atoms with Gasteiger partial charge in [0, 0.05) is 11.8 Å². The first-order valence-electron chi connectivity index (χ1n) is 5.28. The summed E-state index contributed by atoms with van der Waals surface area (Å²) in [5.74, 6) is -0.340. The number of aromatic nitrogens is 2. The lowest BCUT2D eigenvalue weighted by Gasteiger charge is -2.03. The van der Waals surface area contributed by atoms with Crippen molar-refractivity contribution in [2.45, 2.75) is 5.75 Å². The van der Waals surface area contributed by atoms with E-state index in [9.17, 15) is 13.2 Å². The molecule has 0 spiro atoms. The zero-order valence-electron chi connectivity index (χ0n) is 10.0. The van der Waals surface area contributed by atoms with Gasteiger partial charge in [-0.05, 0) is 17.7 Å². The summed E-state index contributed by atoms with van der Waals surface area (Å²) >= 11 is 1.22. The van der Waals surface area contributed by atoms with Crippen molar-refractivity contribution in [3.63, 3.8) is 0 Å². The molecule has 0 atom stereocenters. The minimum absolute atomic E-state index is 0.0364. The second kappa shape index (κ2) is 5.45. The van der Waals surface area contributed by atoms with Crippen LogP contribution in [0.15, 0.2) is 29.8 Å². The van der Waals surface area contributed by atoms with E-state index in [1.54, 1.807) is 24.3 Å². The van der Waals surface area contributed by atoms with Crippen molar-refractivity contribution in [3.8, 4) is 0 Å². The molecule has 100 valence electrons. The van der Waals surface area contributed by atoms with Crippen molar-refractivity contribution in [2.75, 3.05) is 11.6 Å². The average molecular weight is 297 g/mol. The second-order valence-corrected chi connectivity index (χ2v) is 6.94. The van der Waals surface area contributed by atoms with Gasteiger partial charge in [-0.25, -0.2) is 8.42 Å². The molecule has 2 rings (SSSR count). The summed E-state index contributed by atoms with van der Waals surface area (Å²) in [6.07, 6.45) is 1.17. The summed E-state index contributed by atoms with van der Waals surface area (Å²) in [5, 5.41) is 10.3. The quantitative estimate of drug-likeness (QED) is 0.919. The van der Waals surface area contributed by atoms with Crippen LogP contribution < -0.4 is 5.32 Å². The van der Waals surface area contributed by atoms with Crippen LogP contribution in [0, 0.1) is 0 Å². The maximum atomic E-state index is 11.8. The average Bonchev–Trinajstić information content (AvgIpc) is 2.80. The highest BCUT2D eigenvalue weighted by molar-refractivity contribution is 7.89. The van der Waals surface area contributed by atoms with E-state index in [-0.39, 0.29) is 11.7 Å². The van der Waals surface area contributed by atoms with Crippen LogP contribution in [0.5, 0.6) is 0 Å². The van der Waals surface area contributed by atoms with Gasteiger partial charge in [0.05, 0.1) is 5.75 Å². The monoisotopic (exact) mass is 297 g/mol. The summed E-state index contributed by atoms with van der Waals surface area (Å²) in [5.41, 5.74) is 2.60. The lowest BCUT2D eigenvalue weighted by atomic mass is 10.1. The highest BCUT2D eigenvalue weighted by Crippen LogP contribution is 2.12. The van der Waals surface area contributed by atoms with Crippen LogP contribution in [0.3, 0.4) is 0 Å². The highest BCUT2D eigenvalue weighted by Gasteiger charge is 2.09. The number of benzene rings is 1. The number of anilines is 1. The Morgan fingerprint density at radius 2 is 2.00 bits per heavy atom. The van der Waals surface area contributed by atoms with Crippen LogP contribution in [0.4, 0.5) is 5.13 Å². The Morgan fingerprint density at radius 3 is 2.53 bits per heavy atom. The smallest absolute Gasteiger partial charge is 0.257 e. The number of nitrogens with one attached hydrogen (secondary N) is 1. The Morgan fingerprint density at radius 1 is 1.32 bits per heavy atom. The third kappa shape index (κ3) is 4.11. The van der Waals surface area contributed by atoms with Gasteiger partial charge in [0.1, 0.15) is 5.51 Å². The number of nitrogens with zero attached hydrogens (tertiary/aromatic N) is 2. The summed E-state index contributed by atoms with van der Waals surface area (Å²) in [6.45, 7) is 0. The number of carbonyl (C=O) groups is 1. The van der Waals surface area contributed by atoms with Crippen molar-refractivity contribution in [1.82, 2.24) is 10.2 Å². The molecule has 0 radical (unpaired) electrons. The molecule has 1 aromatic carbocycles. The fraction of sp³-hybridized carbons (Fsp3) is 0.182. The molecule has 8 heteroatoms. The molecule has 6 nitrogen and oxygen atoms in total. The Labute approximate surface area is 114 Å². The van der Waals surface area contributed by atoms with Gasteiger partial charge in [0.25, 0.3) is 5.91 Å². The van der Waals surface area contributed by atoms with E-state index < -0.39 is 9.84 Å². The van der Waals surface area contributed by atoms with E-state index >= 15 is 0 Å². The minimum atomic E-state index is -3.07. The van der Waals surface area contributed by atoms with Crippen LogP contribution in [0.1, 0.15) is 15.9 Å². The fourth-order valence-corrected chi connectivity index (χ4v) is 2.69. The van der Waals surface area contributed by atoms with E-state index in [0.717, 1.165) is 0 Å². The van der Waals surface area contributed by atoms with Gasteiger partial charge >= 0.3 is 0 Å². The predicted octanol–water partition coefficient (Wildman–Crippen LogP) is 1.33. The molecular weight excluding hydrogens is 286 g/mol. The molecule has 0 aliphatic rings. The number of hydrogen-bond donors (Lipinski definition) is 1. The third-order valence-electron chi connectivity index (χ3n) is 2.23. The molecule has 1 aromatic heterocycles. The van der Waals surface area contributed by atoms with Crippen LogP contribution >= 0.6 is 11.3 Å². The Hall–Kier alpha value is -1.80. The van der Waals surface area contributed by atoms with Crippen LogP contribution in [-0.4, -0.2) is 30.8 Å². The van der Waals surface area contributed by atoms with Gasteiger partial charge in [-0.1, -0.05) is 23.5 Å². The number of hydrogen-bond acceptors (Lipinski definition) is 6. The maximum Gasteiger partial charge on any atom is 0.257 e. The van der Waals surface area contributed by atoms with Crippen molar-refractivity contribution < 1.29 is 13.2 Å². The Kier molecular flexibility index (Phi) is 3.91. The largest absolute Gasteiger partial charge is 0.296 e. The van der Waals surface area contributed by atoms with Crippen molar-refractivity contribution >= 4 is 32.2 Å². The minimum Gasteiger partial charge on any atom is -0.296 e. The van der Waals surface area contributed by atoms with Crippen LogP contribution in [0.2, 0.25) is 0 Å². The van der Waals surface area contributed by atoms with Crippen LogP contribution in [0.25, 0.3) is 0 Å². The summed E-state index contributed by atoms with van der Waals surface area (Å²) in [4.78, 5) is 11.8. The van der Waals surface area contributed by atoms with E-state index in [4.69, 9.17) is 0 Å². The first-order valence-corrected chi connectivity index (χ1v) is 8.22. The standard InChI is InChI=1S/C11H11N3O3S2/c1-19(16,17)6-8-2-4-9(5-3-8)10(15)13-11-14-12-7-18-11/h2-5,7H,6H2,1H3,(H,13,14,15). The topological polar surface area (TPSA) is 89.0 Å². The molecule has 0 fully saturated rings. The molecule has 1 amide bonds. The highest BCUT2D eigenvalue weighted by atomic mass is 32.2. The molecule has 0 bridgehead atoms. The molecule has 0 aliphatic heterocycles. The molecule has 1 N–H and O–H groups in total. The fourth-order valence-electron chi connectivity index (χ4n) is 1.45. The summed E-state index contributed by atoms with van der Waals surface area (Å²) < 4.78 is 22.3. The van der Waals surface area contributed by atoms with Gasteiger partial charge in [0.15, 0.2) is 9.84 Å². The molecule has 2 aromatic rings. The summed E-state index contributed by atoms with van der Waals surface area (Å²) in [6, 6.07) is 6.40. The third-order valence-corrected chi connectivity index (χ3v) is 3.69. The van der Waals surface area contributed by atoms with E-state index in [1.165, 1.54) is 23.1 Å². The SMILES string of the molecule is CS(=O)(=O)Cc1ccc(C(=O)Nc2nncs2)cc1. The zero-order chi connectivity index (χ0) is 13.9. The van der Waals surface area contributed by atoms with Crippen molar-refractivity contribution in [1.29, 1.82) is 0 Å². The molecule has 0 saturated heterocycles. The number of carbonyl (C=O) groups excluding carboxylic acids is 1. The molecule has 0 aliphatic carbocycles. The number of amides is 1. The lowest BCUT2D eigenvalue weighted by Crippen LogP contribution is -2.11. The van der Waals surface area contributed by atoms with Gasteiger partial charge in [-0.15, -0.1) is 10.2 Å². The first-order chi connectivity index (χ1) is 8.94. The second-order valence-electron chi connectivity index (χ2n) is 3.97.